The summed E-state index contributed by atoms with van der Waals surface area (Å²) < 4.78 is 54.0. The Balaban J connectivity index is 1.32. The van der Waals surface area contributed by atoms with Crippen LogP contribution in [0.5, 0.6) is 5.75 Å². The Hall–Kier alpha value is -3.44. The molecule has 0 bridgehead atoms. The van der Waals surface area contributed by atoms with Crippen molar-refractivity contribution in [1.82, 2.24) is 14.1 Å². The highest BCUT2D eigenvalue weighted by molar-refractivity contribution is 7.91. The minimum atomic E-state index is -3.79. The number of carbonyl (C=O) groups is 1. The quantitative estimate of drug-likeness (QED) is 0.503. The highest BCUT2D eigenvalue weighted by atomic mass is 32.2. The number of amides is 1. The molecule has 2 fully saturated rings. The van der Waals surface area contributed by atoms with Gasteiger partial charge < -0.3 is 14.4 Å². The minimum Gasteiger partial charge on any atom is -0.487 e. The Morgan fingerprint density at radius 2 is 2.11 bits per heavy atom. The number of aromatic nitrogens is 2. The average molecular weight is 527 g/mol. The van der Waals surface area contributed by atoms with Gasteiger partial charge in [0.2, 0.25) is 10.0 Å². The van der Waals surface area contributed by atoms with E-state index in [9.17, 15) is 17.6 Å². The smallest absolute Gasteiger partial charge is 0.283 e. The van der Waals surface area contributed by atoms with E-state index in [1.165, 1.54) is 18.3 Å². The van der Waals surface area contributed by atoms with Crippen molar-refractivity contribution in [2.75, 3.05) is 24.7 Å². The average Bonchev–Trinajstić information content (AvgIpc) is 3.29. The molecule has 2 aliphatic heterocycles. The summed E-state index contributed by atoms with van der Waals surface area (Å²) in [7, 11) is -3.79. The summed E-state index contributed by atoms with van der Waals surface area (Å²) in [4.78, 5) is 19.2. The lowest BCUT2D eigenvalue weighted by Gasteiger charge is -2.25. The maximum absolute atomic E-state index is 14.3. The monoisotopic (exact) mass is 526 g/mol. The van der Waals surface area contributed by atoms with Gasteiger partial charge >= 0.3 is 0 Å². The van der Waals surface area contributed by atoms with Gasteiger partial charge in [-0.05, 0) is 56.5 Å². The van der Waals surface area contributed by atoms with E-state index in [1.807, 2.05) is 17.0 Å². The molecule has 37 heavy (non-hydrogen) atoms. The van der Waals surface area contributed by atoms with Gasteiger partial charge in [-0.15, -0.1) is 0 Å². The van der Waals surface area contributed by atoms with Crippen LogP contribution in [0, 0.1) is 5.82 Å². The number of rotatable bonds is 7. The van der Waals surface area contributed by atoms with Gasteiger partial charge in [-0.1, -0.05) is 6.08 Å². The molecule has 0 radical (unpaired) electrons. The zero-order valence-corrected chi connectivity index (χ0v) is 21.1. The summed E-state index contributed by atoms with van der Waals surface area (Å²) in [6.45, 7) is 3.40. The number of imidazole rings is 1. The number of hydrogen-bond acceptors (Lipinski definition) is 7. The van der Waals surface area contributed by atoms with Crippen LogP contribution in [-0.4, -0.2) is 54.3 Å². The molecular formula is C26H27FN4O5S. The fourth-order valence-corrected chi connectivity index (χ4v) is 5.95. The van der Waals surface area contributed by atoms with E-state index in [-0.39, 0.29) is 17.6 Å². The molecule has 1 saturated carbocycles. The second kappa shape index (κ2) is 8.84. The molecular weight excluding hydrogens is 499 g/mol. The molecule has 11 heteroatoms. The third-order valence-corrected chi connectivity index (χ3v) is 9.40. The number of sulfonamides is 1. The van der Waals surface area contributed by atoms with Crippen molar-refractivity contribution < 1.29 is 27.1 Å². The van der Waals surface area contributed by atoms with Crippen LogP contribution in [0.3, 0.4) is 0 Å². The number of fused-ring (bicyclic) bond motifs is 1. The van der Waals surface area contributed by atoms with Gasteiger partial charge in [-0.3, -0.25) is 9.20 Å². The van der Waals surface area contributed by atoms with E-state index >= 15 is 0 Å². The molecule has 3 aliphatic rings. The van der Waals surface area contributed by atoms with Gasteiger partial charge in [0.1, 0.15) is 29.0 Å². The maximum atomic E-state index is 14.3. The van der Waals surface area contributed by atoms with Gasteiger partial charge in [0, 0.05) is 30.4 Å². The number of nitrogens with one attached hydrogen (secondary N) is 1. The van der Waals surface area contributed by atoms with Crippen LogP contribution < -0.4 is 14.4 Å². The first-order chi connectivity index (χ1) is 17.7. The fourth-order valence-electron chi connectivity index (χ4n) is 4.71. The van der Waals surface area contributed by atoms with Gasteiger partial charge in [0.05, 0.1) is 29.8 Å². The fraction of sp³-hybridized carbons (Fsp3) is 0.385. The van der Waals surface area contributed by atoms with Crippen LogP contribution in [0.25, 0.3) is 11.3 Å². The van der Waals surface area contributed by atoms with Crippen LogP contribution in [0.1, 0.15) is 48.7 Å². The van der Waals surface area contributed by atoms with Crippen molar-refractivity contribution >= 4 is 33.0 Å². The molecule has 9 nitrogen and oxygen atoms in total. The maximum Gasteiger partial charge on any atom is 0.283 e. The molecule has 1 aromatic carbocycles. The lowest BCUT2D eigenvalue weighted by Crippen LogP contribution is -2.38. The van der Waals surface area contributed by atoms with Crippen LogP contribution in [0.15, 0.2) is 48.8 Å². The third-order valence-electron chi connectivity index (χ3n) is 7.24. The first-order valence-corrected chi connectivity index (χ1v) is 13.8. The summed E-state index contributed by atoms with van der Waals surface area (Å²) in [5.74, 6) is -0.514. The SMILES string of the molecule is CC1(S(=O)(=O)NC(=O)c2cnc3ccc(N4CCC=C4c4cc(F)ccc4OC4CCOC4)cn23)CC1. The van der Waals surface area contributed by atoms with Gasteiger partial charge in [-0.2, -0.15) is 0 Å². The molecule has 4 heterocycles. The highest BCUT2D eigenvalue weighted by Crippen LogP contribution is 2.42. The Labute approximate surface area is 213 Å². The van der Waals surface area contributed by atoms with Gasteiger partial charge in [-0.25, -0.2) is 22.5 Å². The van der Waals surface area contributed by atoms with Crippen LogP contribution >= 0.6 is 0 Å². The summed E-state index contributed by atoms with van der Waals surface area (Å²) in [6, 6.07) is 8.12. The van der Waals surface area contributed by atoms with Crippen LogP contribution in [0.2, 0.25) is 0 Å². The summed E-state index contributed by atoms with van der Waals surface area (Å²) >= 11 is 0. The number of hydrogen-bond donors (Lipinski definition) is 1. The predicted molar refractivity (Wildman–Crippen MR) is 135 cm³/mol. The first kappa shape index (κ1) is 23.9. The topological polar surface area (TPSA) is 102 Å². The lowest BCUT2D eigenvalue weighted by molar-refractivity contribution is 0.0975. The molecule has 6 rings (SSSR count). The second-order valence-electron chi connectivity index (χ2n) is 9.92. The van der Waals surface area contributed by atoms with Crippen molar-refractivity contribution in [2.24, 2.45) is 0 Å². The predicted octanol–water partition coefficient (Wildman–Crippen LogP) is 3.50. The molecule has 1 unspecified atom stereocenters. The zero-order valence-electron chi connectivity index (χ0n) is 20.3. The number of anilines is 1. The Morgan fingerprint density at radius 3 is 2.86 bits per heavy atom. The normalized spacial score (nSPS) is 20.8. The largest absolute Gasteiger partial charge is 0.487 e. The number of pyridine rings is 1. The number of benzene rings is 1. The van der Waals surface area contributed by atoms with E-state index in [4.69, 9.17) is 9.47 Å². The summed E-state index contributed by atoms with van der Waals surface area (Å²) in [6.07, 6.45) is 7.61. The summed E-state index contributed by atoms with van der Waals surface area (Å²) in [5, 5.41) is 0. The first-order valence-electron chi connectivity index (χ1n) is 12.3. The Bertz CT molecular complexity index is 1520. The van der Waals surface area contributed by atoms with Gasteiger partial charge in [0.25, 0.3) is 5.91 Å². The standard InChI is InChI=1S/C26H27FN4O5S/c1-26(9-10-26)37(33,34)29-25(32)22-14-28-24-7-5-18(15-31(22)24)30-11-2-3-21(30)20-13-17(27)4-6-23(20)36-19-8-12-35-16-19/h3-7,13-15,19H,2,8-12,16H2,1H3,(H,29,32). The molecule has 0 spiro atoms. The second-order valence-corrected chi connectivity index (χ2v) is 12.1. The lowest BCUT2D eigenvalue weighted by atomic mass is 10.1. The van der Waals surface area contributed by atoms with E-state index < -0.39 is 20.7 Å². The van der Waals surface area contributed by atoms with Crippen LogP contribution in [-0.2, 0) is 14.8 Å². The number of nitrogens with zero attached hydrogens (tertiary/aromatic N) is 3. The third kappa shape index (κ3) is 4.36. The molecule has 1 N–H and O–H groups in total. The minimum absolute atomic E-state index is 0.0859. The molecule has 2 aromatic heterocycles. The molecule has 1 aliphatic carbocycles. The number of halogens is 1. The molecule has 1 amide bonds. The van der Waals surface area contributed by atoms with Crippen molar-refractivity contribution in [2.45, 2.75) is 43.5 Å². The Kier molecular flexibility index (Phi) is 5.72. The van der Waals surface area contributed by atoms with E-state index in [0.717, 1.165) is 24.2 Å². The number of carbonyl (C=O) groups excluding carboxylic acids is 1. The van der Waals surface area contributed by atoms with E-state index in [0.29, 0.717) is 49.6 Å². The zero-order chi connectivity index (χ0) is 25.8. The van der Waals surface area contributed by atoms with E-state index in [2.05, 4.69) is 9.71 Å². The summed E-state index contributed by atoms with van der Waals surface area (Å²) in [5.41, 5.74) is 2.80. The number of ether oxygens (including phenoxy) is 2. The van der Waals surface area contributed by atoms with Crippen molar-refractivity contribution in [3.63, 3.8) is 0 Å². The van der Waals surface area contributed by atoms with Crippen molar-refractivity contribution in [1.29, 1.82) is 0 Å². The molecule has 3 aromatic rings. The molecule has 1 atom stereocenters. The van der Waals surface area contributed by atoms with Crippen molar-refractivity contribution in [3.8, 4) is 5.75 Å². The Morgan fingerprint density at radius 1 is 1.27 bits per heavy atom. The van der Waals surface area contributed by atoms with Gasteiger partial charge in [0.15, 0.2) is 0 Å². The highest BCUT2D eigenvalue weighted by Gasteiger charge is 2.51. The molecule has 1 saturated heterocycles. The van der Waals surface area contributed by atoms with Crippen molar-refractivity contribution in [3.05, 3.63) is 65.9 Å². The van der Waals surface area contributed by atoms with Crippen LogP contribution in [0.4, 0.5) is 10.1 Å². The van der Waals surface area contributed by atoms with E-state index in [1.54, 1.807) is 29.7 Å². The molecule has 194 valence electrons.